The molecule has 522 valence electrons. The van der Waals surface area contributed by atoms with E-state index in [9.17, 15) is 38.4 Å². The molecule has 4 saturated carbocycles. The van der Waals surface area contributed by atoms with Gasteiger partial charge in [-0.15, -0.1) is 0 Å². The summed E-state index contributed by atoms with van der Waals surface area (Å²) in [6.07, 6.45) is 7.76. The van der Waals surface area contributed by atoms with Crippen molar-refractivity contribution in [2.24, 2.45) is 64.7 Å². The second-order valence-electron chi connectivity index (χ2n) is 29.4. The number of rotatable bonds is 18. The van der Waals surface area contributed by atoms with Gasteiger partial charge in [-0.1, -0.05) is 97.9 Å². The molecule has 13 N–H and O–H groups in total. The van der Waals surface area contributed by atoms with Gasteiger partial charge in [-0.3, -0.25) is 52.7 Å². The van der Waals surface area contributed by atoms with E-state index >= 15 is 14.4 Å². The molecule has 10 atom stereocenters. The van der Waals surface area contributed by atoms with Gasteiger partial charge in [0.1, 0.15) is 60.4 Å². The van der Waals surface area contributed by atoms with Crippen LogP contribution in [0.25, 0.3) is 0 Å². The highest BCUT2D eigenvalue weighted by atomic mass is 16.2. The molecule has 0 unspecified atom stereocenters. The first-order valence-corrected chi connectivity index (χ1v) is 35.2. The third-order valence-corrected chi connectivity index (χ3v) is 20.2. The van der Waals surface area contributed by atoms with Gasteiger partial charge in [0.2, 0.25) is 65.0 Å². The smallest absolute Gasteiger partial charge is 0.246 e. The molecule has 2 aromatic carbocycles. The van der Waals surface area contributed by atoms with Gasteiger partial charge >= 0.3 is 0 Å². The quantitative estimate of drug-likeness (QED) is 0.102. The summed E-state index contributed by atoms with van der Waals surface area (Å²) in [7, 11) is 0. The van der Waals surface area contributed by atoms with Crippen molar-refractivity contribution in [2.75, 3.05) is 31.5 Å². The number of amides is 11. The van der Waals surface area contributed by atoms with Crippen LogP contribution >= 0.6 is 0 Å². The van der Waals surface area contributed by atoms with Crippen molar-refractivity contribution in [1.29, 1.82) is 0 Å². The summed E-state index contributed by atoms with van der Waals surface area (Å²) in [5, 5.41) is 26.2. The number of hydrogen-bond acceptors (Lipinski definition) is 13. The van der Waals surface area contributed by atoms with Crippen LogP contribution in [-0.2, 0) is 65.6 Å². The molecule has 7 fully saturated rings. The average molecular weight is 1320 g/mol. The van der Waals surface area contributed by atoms with Gasteiger partial charge in [-0.25, -0.2) is 0 Å². The lowest BCUT2D eigenvalue weighted by atomic mass is 9.51. The highest BCUT2D eigenvalue weighted by Crippen LogP contribution is 2.56. The van der Waals surface area contributed by atoms with Crippen LogP contribution in [0.15, 0.2) is 54.6 Å². The van der Waals surface area contributed by atoms with E-state index in [2.05, 4.69) is 47.9 Å². The third-order valence-electron chi connectivity index (χ3n) is 20.2. The van der Waals surface area contributed by atoms with Crippen LogP contribution < -0.4 is 59.3 Å². The lowest BCUT2D eigenvalue weighted by molar-refractivity contribution is -0.143. The molecule has 11 amide bonds. The van der Waals surface area contributed by atoms with Crippen LogP contribution in [0.1, 0.15) is 163 Å². The van der Waals surface area contributed by atoms with Crippen molar-refractivity contribution < 1.29 is 52.7 Å². The molecule has 4 bridgehead atoms. The predicted molar refractivity (Wildman–Crippen MR) is 360 cm³/mol. The number of carbonyl (C=O) groups is 11. The minimum atomic E-state index is -1.31. The Morgan fingerprint density at radius 1 is 0.463 bits per heavy atom. The van der Waals surface area contributed by atoms with E-state index < -0.39 is 131 Å². The number of nitrogens with one attached hydrogen (secondary N) is 9. The van der Waals surface area contributed by atoms with Gasteiger partial charge in [0.05, 0.1) is 0 Å². The van der Waals surface area contributed by atoms with Gasteiger partial charge in [0, 0.05) is 37.5 Å². The largest absolute Gasteiger partial charge is 0.343 e. The number of nitrogens with zero attached hydrogens (tertiary/aromatic N) is 2. The lowest BCUT2D eigenvalue weighted by Crippen LogP contribution is -2.62. The highest BCUT2D eigenvalue weighted by molar-refractivity contribution is 6.00. The molecule has 24 heteroatoms. The van der Waals surface area contributed by atoms with Crippen LogP contribution in [0.2, 0.25) is 0 Å². The molecule has 2 aromatic rings. The van der Waals surface area contributed by atoms with Gasteiger partial charge in [0.25, 0.3) is 0 Å². The standard InChI is InChI=1S/C71H107N13O11/c1-39(2)30-52-63(87)79-54(37-43-16-10-9-11-17-43)70(94)83-28-14-20-56(83)65(89)81-59(41(5)6)68(92)76-51(19-13-27-73)62(86)78-53(31-40(3)4)64(88)80-55(38-44-22-24-49(25-23-44)74-67(91)58-47-33-45-32-46(35-47)36-48(58)34-45)71(95)84-29-15-21-57(84)66(90)82-60(42(7)8)69(93)75-50(18-12-26-72)61(85)77-52/h9-11,16-17,22-25,39-42,45-48,50-60H,12-15,18-21,26-38,72-73H2,1-8H3,(H,74,91)(H,75,93)(H,76,92)(H,77,85)(H,78,86)(H,79,87)(H,80,88)(H,81,89)(H,82,90)/t45?,46?,47?,48?,50-,51-,52-,53-,54-,55-,56-,57-,58?,59-,60-/m0/s1. The Bertz CT molecular complexity index is 3010. The second-order valence-corrected chi connectivity index (χ2v) is 29.4. The Balaban J connectivity index is 1.12. The third kappa shape index (κ3) is 19.4. The molecule has 3 aliphatic heterocycles. The fourth-order valence-electron chi connectivity index (χ4n) is 15.6. The predicted octanol–water partition coefficient (Wildman–Crippen LogP) is 3.24. The van der Waals surface area contributed by atoms with Crippen molar-refractivity contribution in [1.82, 2.24) is 52.3 Å². The van der Waals surface area contributed by atoms with Crippen molar-refractivity contribution in [3.63, 3.8) is 0 Å². The fraction of sp³-hybridized carbons (Fsp3) is 0.676. The minimum Gasteiger partial charge on any atom is -0.343 e. The van der Waals surface area contributed by atoms with Crippen molar-refractivity contribution in [3.05, 3.63) is 65.7 Å². The summed E-state index contributed by atoms with van der Waals surface area (Å²) < 4.78 is 0. The number of carbonyl (C=O) groups excluding carboxylic acids is 11. The summed E-state index contributed by atoms with van der Waals surface area (Å²) in [5.74, 6) is -5.89. The van der Waals surface area contributed by atoms with Crippen molar-refractivity contribution in [2.45, 2.75) is 225 Å². The number of anilines is 1. The number of fused-ring (bicyclic) bond motifs is 2. The van der Waals surface area contributed by atoms with Crippen molar-refractivity contribution in [3.8, 4) is 0 Å². The summed E-state index contributed by atoms with van der Waals surface area (Å²) >= 11 is 0. The molecule has 4 aliphatic carbocycles. The SMILES string of the molecule is CC(C)C[C@@H]1NC(=O)[C@H](CCCN)NC(=O)[C@H](C(C)C)NC(=O)[C@@H]2CCCN2C(=O)[C@H](Cc2ccccc2)NC(=O)[C@H](CC(C)C)NC(=O)[C@H](CCCN)NC(=O)[C@H](C(C)C)NC(=O)[C@@H]2CCCN2C(=O)[C@H](Cc2ccc(NC(=O)C3C4CC5CC(C4)CC3C5)cc2)NC1=O. The normalized spacial score (nSPS) is 30.3. The first kappa shape index (κ1) is 73.3. The van der Waals surface area contributed by atoms with Crippen LogP contribution in [0.3, 0.4) is 0 Å². The number of nitrogens with two attached hydrogens (primary N) is 2. The van der Waals surface area contributed by atoms with E-state index in [1.165, 1.54) is 16.2 Å². The Morgan fingerprint density at radius 2 is 0.842 bits per heavy atom. The molecule has 24 nitrogen and oxygen atoms in total. The number of hydrogen-bond donors (Lipinski definition) is 11. The minimum absolute atomic E-state index is 0.0170. The topological polar surface area (TPSA) is 355 Å². The molecule has 3 saturated heterocycles. The van der Waals surface area contributed by atoms with Gasteiger partial charge in [0.15, 0.2) is 0 Å². The second kappa shape index (κ2) is 34.0. The van der Waals surface area contributed by atoms with Gasteiger partial charge in [-0.05, 0) is 180 Å². The molecular weight excluding hydrogens is 1210 g/mol. The highest BCUT2D eigenvalue weighted by Gasteiger charge is 2.51. The summed E-state index contributed by atoms with van der Waals surface area (Å²) in [6.45, 7) is 15.0. The monoisotopic (exact) mass is 1320 g/mol. The molecule has 3 heterocycles. The van der Waals surface area contributed by atoms with Crippen molar-refractivity contribution >= 4 is 70.7 Å². The van der Waals surface area contributed by atoms with E-state index in [0.717, 1.165) is 25.7 Å². The molecule has 0 radical (unpaired) electrons. The maximum Gasteiger partial charge on any atom is 0.246 e. The zero-order chi connectivity index (χ0) is 68.8. The molecule has 0 spiro atoms. The van der Waals surface area contributed by atoms with E-state index in [1.54, 1.807) is 76.2 Å². The first-order chi connectivity index (χ1) is 45.3. The molecular formula is C71H107N13O11. The van der Waals surface area contributed by atoms with Gasteiger partial charge < -0.3 is 69.1 Å². The lowest BCUT2D eigenvalue weighted by Gasteiger charge is -2.53. The number of benzene rings is 2. The summed E-state index contributed by atoms with van der Waals surface area (Å²) in [5.41, 5.74) is 13.9. The zero-order valence-electron chi connectivity index (χ0n) is 57.1. The van der Waals surface area contributed by atoms with Gasteiger partial charge in [-0.2, -0.15) is 0 Å². The van der Waals surface area contributed by atoms with E-state index in [-0.39, 0.29) is 114 Å². The summed E-state index contributed by atoms with van der Waals surface area (Å²) in [4.78, 5) is 165. The zero-order valence-corrected chi connectivity index (χ0v) is 57.1. The average Bonchev–Trinajstić information content (AvgIpc) is 1.71. The maximum atomic E-state index is 15.4. The fourth-order valence-corrected chi connectivity index (χ4v) is 15.6. The Hall–Kier alpha value is -7.47. The van der Waals surface area contributed by atoms with E-state index in [1.807, 2.05) is 33.8 Å². The van der Waals surface area contributed by atoms with Crippen LogP contribution in [0.4, 0.5) is 5.69 Å². The first-order valence-electron chi connectivity index (χ1n) is 35.2. The molecule has 9 rings (SSSR count). The van der Waals surface area contributed by atoms with E-state index in [4.69, 9.17) is 11.5 Å². The van der Waals surface area contributed by atoms with E-state index in [0.29, 0.717) is 53.3 Å². The molecule has 0 aromatic heterocycles. The summed E-state index contributed by atoms with van der Waals surface area (Å²) in [6, 6.07) is 4.04. The Labute approximate surface area is 560 Å². The van der Waals surface area contributed by atoms with Crippen LogP contribution in [0, 0.1) is 53.3 Å². The molecule has 7 aliphatic rings. The Kier molecular flexibility index (Phi) is 26.2. The van der Waals surface area contributed by atoms with Crippen LogP contribution in [0.5, 0.6) is 0 Å². The maximum absolute atomic E-state index is 15.4. The Morgan fingerprint density at radius 3 is 1.23 bits per heavy atom. The molecule has 95 heavy (non-hydrogen) atoms. The van der Waals surface area contributed by atoms with Crippen LogP contribution in [-0.4, -0.2) is 161 Å².